The minimum Gasteiger partial charge on any atom is -0.341 e. The first-order valence-electron chi connectivity index (χ1n) is 7.73. The van der Waals surface area contributed by atoms with Crippen molar-refractivity contribution >= 4 is 33.4 Å². The molecule has 0 bridgehead atoms. The topological polar surface area (TPSA) is 58.4 Å². The second kappa shape index (κ2) is 6.76. The molecule has 0 N–H and O–H groups in total. The van der Waals surface area contributed by atoms with E-state index in [1.165, 1.54) is 0 Å². The van der Waals surface area contributed by atoms with Crippen molar-refractivity contribution < 1.29 is 9.59 Å². The van der Waals surface area contributed by atoms with Crippen LogP contribution in [0.3, 0.4) is 0 Å². The molecule has 24 heavy (non-hydrogen) atoms. The summed E-state index contributed by atoms with van der Waals surface area (Å²) in [6.07, 6.45) is 3.88. The summed E-state index contributed by atoms with van der Waals surface area (Å²) < 4.78 is 2.57. The van der Waals surface area contributed by atoms with E-state index in [1.807, 2.05) is 37.5 Å². The molecule has 2 amide bonds. The molecule has 2 aromatic rings. The van der Waals surface area contributed by atoms with E-state index in [-0.39, 0.29) is 24.2 Å². The predicted octanol–water partition coefficient (Wildman–Crippen LogP) is 2.19. The number of hydrogen-bond donors (Lipinski definition) is 0. The number of benzene rings is 1. The van der Waals surface area contributed by atoms with Crippen LogP contribution in [0.5, 0.6) is 0 Å². The highest BCUT2D eigenvalue weighted by atomic mass is 79.9. The third-order valence-corrected chi connectivity index (χ3v) is 4.84. The number of para-hydroxylation sites is 1. The van der Waals surface area contributed by atoms with Gasteiger partial charge in [-0.1, -0.05) is 12.1 Å². The Kier molecular flexibility index (Phi) is 4.71. The molecule has 6 nitrogen and oxygen atoms in total. The monoisotopic (exact) mass is 390 g/mol. The molecule has 1 unspecified atom stereocenters. The lowest BCUT2D eigenvalue weighted by Crippen LogP contribution is -2.34. The van der Waals surface area contributed by atoms with Gasteiger partial charge < -0.3 is 9.80 Å². The van der Waals surface area contributed by atoms with E-state index in [4.69, 9.17) is 0 Å². The van der Waals surface area contributed by atoms with Gasteiger partial charge in [0.25, 0.3) is 0 Å². The lowest BCUT2D eigenvalue weighted by Gasteiger charge is -2.21. The lowest BCUT2D eigenvalue weighted by molar-refractivity contribution is -0.135. The summed E-state index contributed by atoms with van der Waals surface area (Å²) in [7, 11) is 3.61. The quantitative estimate of drug-likeness (QED) is 0.803. The fraction of sp³-hybridized carbons (Fsp3) is 0.353. The first-order valence-corrected chi connectivity index (χ1v) is 8.52. The zero-order valence-electron chi connectivity index (χ0n) is 13.6. The number of rotatable bonds is 4. The minimum absolute atomic E-state index is 0.0123. The second-order valence-corrected chi connectivity index (χ2v) is 6.93. The summed E-state index contributed by atoms with van der Waals surface area (Å²) in [5, 5.41) is 4.11. The Morgan fingerprint density at radius 2 is 2.17 bits per heavy atom. The van der Waals surface area contributed by atoms with Crippen LogP contribution in [0, 0.1) is 5.92 Å². The average molecular weight is 391 g/mol. The third-order valence-electron chi connectivity index (χ3n) is 4.17. The summed E-state index contributed by atoms with van der Waals surface area (Å²) in [5.41, 5.74) is 1.79. The van der Waals surface area contributed by atoms with E-state index in [0.717, 1.165) is 15.7 Å². The van der Waals surface area contributed by atoms with Crippen molar-refractivity contribution in [1.29, 1.82) is 0 Å². The van der Waals surface area contributed by atoms with Crippen molar-refractivity contribution in [3.8, 4) is 0 Å². The molecular weight excluding hydrogens is 372 g/mol. The largest absolute Gasteiger partial charge is 0.341 e. The fourth-order valence-corrected chi connectivity index (χ4v) is 3.49. The van der Waals surface area contributed by atoms with Gasteiger partial charge in [-0.05, 0) is 28.1 Å². The molecular formula is C17H19BrN4O2. The molecule has 3 rings (SSSR count). The van der Waals surface area contributed by atoms with Crippen LogP contribution in [0.15, 0.2) is 41.1 Å². The van der Waals surface area contributed by atoms with Crippen molar-refractivity contribution in [3.63, 3.8) is 0 Å². The molecule has 1 aromatic carbocycles. The second-order valence-electron chi connectivity index (χ2n) is 6.07. The smallest absolute Gasteiger partial charge is 0.228 e. The zero-order valence-corrected chi connectivity index (χ0v) is 15.2. The van der Waals surface area contributed by atoms with Crippen LogP contribution in [-0.4, -0.2) is 40.1 Å². The predicted molar refractivity (Wildman–Crippen MR) is 94.3 cm³/mol. The summed E-state index contributed by atoms with van der Waals surface area (Å²) in [5.74, 6) is -0.344. The van der Waals surface area contributed by atoms with Crippen LogP contribution in [0.25, 0.3) is 0 Å². The van der Waals surface area contributed by atoms with Crippen molar-refractivity contribution in [2.75, 3.05) is 18.5 Å². The normalized spacial score (nSPS) is 17.4. The fourth-order valence-electron chi connectivity index (χ4n) is 2.99. The maximum atomic E-state index is 12.7. The molecule has 7 heteroatoms. The maximum absolute atomic E-state index is 12.7. The third kappa shape index (κ3) is 3.36. The van der Waals surface area contributed by atoms with Gasteiger partial charge in [0.05, 0.1) is 17.8 Å². The van der Waals surface area contributed by atoms with Gasteiger partial charge in [-0.3, -0.25) is 14.3 Å². The number of hydrogen-bond acceptors (Lipinski definition) is 3. The van der Waals surface area contributed by atoms with E-state index in [9.17, 15) is 9.59 Å². The molecule has 1 atom stereocenters. The number of aryl methyl sites for hydroxylation is 1. The van der Waals surface area contributed by atoms with Gasteiger partial charge in [0, 0.05) is 49.8 Å². The Morgan fingerprint density at radius 1 is 1.42 bits per heavy atom. The van der Waals surface area contributed by atoms with Crippen LogP contribution < -0.4 is 4.90 Å². The Hall–Kier alpha value is -2.15. The number of halogens is 1. The van der Waals surface area contributed by atoms with Crippen molar-refractivity contribution in [1.82, 2.24) is 14.7 Å². The van der Waals surface area contributed by atoms with E-state index in [2.05, 4.69) is 21.0 Å². The number of aromatic nitrogens is 2. The standard InChI is InChI=1S/C17H19BrN4O2/c1-20(9-12-8-19-21(2)10-12)17(24)13-7-16(23)22(11-13)15-6-4-3-5-14(15)18/h3-6,8,10,13H,7,9,11H2,1-2H3. The van der Waals surface area contributed by atoms with Gasteiger partial charge in [0.2, 0.25) is 11.8 Å². The highest BCUT2D eigenvalue weighted by Gasteiger charge is 2.37. The van der Waals surface area contributed by atoms with Crippen LogP contribution in [0.2, 0.25) is 0 Å². The number of nitrogens with zero attached hydrogens (tertiary/aromatic N) is 4. The first-order chi connectivity index (χ1) is 11.5. The summed E-state index contributed by atoms with van der Waals surface area (Å²) in [4.78, 5) is 28.4. The van der Waals surface area contributed by atoms with E-state index in [1.54, 1.807) is 27.7 Å². The van der Waals surface area contributed by atoms with E-state index < -0.39 is 0 Å². The number of amides is 2. The molecule has 0 saturated carbocycles. The van der Waals surface area contributed by atoms with Crippen molar-refractivity contribution in [3.05, 3.63) is 46.7 Å². The Morgan fingerprint density at radius 3 is 2.83 bits per heavy atom. The van der Waals surface area contributed by atoms with Crippen LogP contribution in [-0.2, 0) is 23.2 Å². The molecule has 1 aliphatic heterocycles. The van der Waals surface area contributed by atoms with E-state index in [0.29, 0.717) is 13.1 Å². The highest BCUT2D eigenvalue weighted by Crippen LogP contribution is 2.31. The van der Waals surface area contributed by atoms with Gasteiger partial charge >= 0.3 is 0 Å². The summed E-state index contributed by atoms with van der Waals surface area (Å²) in [6, 6.07) is 7.57. The van der Waals surface area contributed by atoms with Crippen LogP contribution in [0.4, 0.5) is 5.69 Å². The first kappa shape index (κ1) is 16.7. The molecule has 1 aromatic heterocycles. The zero-order chi connectivity index (χ0) is 17.3. The lowest BCUT2D eigenvalue weighted by atomic mass is 10.1. The van der Waals surface area contributed by atoms with Gasteiger partial charge in [-0.15, -0.1) is 0 Å². The molecule has 126 valence electrons. The van der Waals surface area contributed by atoms with Gasteiger partial charge in [0.1, 0.15) is 0 Å². The van der Waals surface area contributed by atoms with Crippen LogP contribution >= 0.6 is 15.9 Å². The number of carbonyl (C=O) groups excluding carboxylic acids is 2. The Balaban J connectivity index is 1.68. The van der Waals surface area contributed by atoms with Crippen molar-refractivity contribution in [2.24, 2.45) is 13.0 Å². The number of carbonyl (C=O) groups is 2. The minimum atomic E-state index is -0.314. The van der Waals surface area contributed by atoms with Crippen LogP contribution in [0.1, 0.15) is 12.0 Å². The summed E-state index contributed by atoms with van der Waals surface area (Å²) >= 11 is 3.47. The van der Waals surface area contributed by atoms with E-state index >= 15 is 0 Å². The molecule has 1 aliphatic rings. The Bertz CT molecular complexity index is 773. The maximum Gasteiger partial charge on any atom is 0.228 e. The molecule has 0 spiro atoms. The van der Waals surface area contributed by atoms with Crippen molar-refractivity contribution in [2.45, 2.75) is 13.0 Å². The molecule has 1 saturated heterocycles. The van der Waals surface area contributed by atoms with Gasteiger partial charge in [0.15, 0.2) is 0 Å². The van der Waals surface area contributed by atoms with Gasteiger partial charge in [-0.25, -0.2) is 0 Å². The molecule has 1 fully saturated rings. The molecule has 2 heterocycles. The van der Waals surface area contributed by atoms with Gasteiger partial charge in [-0.2, -0.15) is 5.10 Å². The average Bonchev–Trinajstić information content (AvgIpc) is 3.13. The molecule has 0 radical (unpaired) electrons. The SMILES string of the molecule is CN(Cc1cnn(C)c1)C(=O)C1CC(=O)N(c2ccccc2Br)C1. The Labute approximate surface area is 149 Å². The molecule has 0 aliphatic carbocycles. The number of anilines is 1. The summed E-state index contributed by atoms with van der Waals surface area (Å²) in [6.45, 7) is 0.907. The highest BCUT2D eigenvalue weighted by molar-refractivity contribution is 9.10.